The van der Waals surface area contributed by atoms with E-state index in [1.807, 2.05) is 0 Å². The van der Waals surface area contributed by atoms with Gasteiger partial charge in [0.05, 0.1) is 12.0 Å². The van der Waals surface area contributed by atoms with Gasteiger partial charge in [-0.3, -0.25) is 9.59 Å². The van der Waals surface area contributed by atoms with Crippen molar-refractivity contribution in [1.29, 1.82) is 0 Å². The minimum atomic E-state index is -0.418. The van der Waals surface area contributed by atoms with Crippen LogP contribution in [0.15, 0.2) is 0 Å². The monoisotopic (exact) mass is 422 g/mol. The largest absolute Gasteiger partial charge is 0.462 e. The van der Waals surface area contributed by atoms with Gasteiger partial charge in [0.2, 0.25) is 5.91 Å². The summed E-state index contributed by atoms with van der Waals surface area (Å²) in [6.07, 6.45) is 2.58. The third kappa shape index (κ3) is 6.38. The molecule has 9 nitrogen and oxygen atoms in total. The van der Waals surface area contributed by atoms with E-state index in [2.05, 4.69) is 15.3 Å². The van der Waals surface area contributed by atoms with E-state index in [0.717, 1.165) is 12.8 Å². The van der Waals surface area contributed by atoms with E-state index in [0.29, 0.717) is 33.6 Å². The summed E-state index contributed by atoms with van der Waals surface area (Å²) in [6, 6.07) is 0. The molecule has 0 atom stereocenters. The lowest BCUT2D eigenvalue weighted by Crippen LogP contribution is -2.20. The van der Waals surface area contributed by atoms with Gasteiger partial charge < -0.3 is 20.5 Å². The first-order valence-electron chi connectivity index (χ1n) is 9.46. The van der Waals surface area contributed by atoms with Crippen molar-refractivity contribution in [1.82, 2.24) is 15.3 Å². The molecule has 3 N–H and O–H groups in total. The number of esters is 2. The number of fused-ring (bicyclic) bond motifs is 1. The molecular weight excluding hydrogens is 396 g/mol. The highest BCUT2D eigenvalue weighted by atomic mass is 32.1. The molecule has 0 aliphatic rings. The number of aromatic nitrogens is 2. The van der Waals surface area contributed by atoms with Crippen LogP contribution < -0.4 is 11.1 Å². The van der Waals surface area contributed by atoms with Crippen LogP contribution in [0.25, 0.3) is 10.2 Å². The van der Waals surface area contributed by atoms with E-state index in [-0.39, 0.29) is 43.2 Å². The third-order valence-corrected chi connectivity index (χ3v) is 5.28. The minimum absolute atomic E-state index is 0.0593. The molecule has 0 unspecified atom stereocenters. The summed E-state index contributed by atoms with van der Waals surface area (Å²) >= 11 is 1.18. The number of anilines is 1. The zero-order valence-corrected chi connectivity index (χ0v) is 17.7. The standard InChI is InChI=1S/C19H26N4O5S/c1-4-27-19(26)16-11(2)15-17(20)22-13(23-18(15)29-16)10-28-14(25)8-6-5-7-9-21-12(3)24/h4-10H2,1-3H3,(H,21,24)(H2,20,22,23). The maximum atomic E-state index is 12.1. The van der Waals surface area contributed by atoms with Gasteiger partial charge in [0.25, 0.3) is 0 Å². The number of nitrogens with two attached hydrogens (primary N) is 1. The van der Waals surface area contributed by atoms with Gasteiger partial charge in [-0.25, -0.2) is 14.8 Å². The van der Waals surface area contributed by atoms with Crippen molar-refractivity contribution in [3.63, 3.8) is 0 Å². The van der Waals surface area contributed by atoms with Gasteiger partial charge in [-0.15, -0.1) is 11.3 Å². The Kier molecular flexibility index (Phi) is 8.32. The molecular formula is C19H26N4O5S. The lowest BCUT2D eigenvalue weighted by Gasteiger charge is -2.06. The zero-order valence-electron chi connectivity index (χ0n) is 16.9. The number of thiophene rings is 1. The lowest BCUT2D eigenvalue weighted by molar-refractivity contribution is -0.145. The van der Waals surface area contributed by atoms with Gasteiger partial charge in [-0.1, -0.05) is 6.42 Å². The van der Waals surface area contributed by atoms with E-state index in [1.165, 1.54) is 18.3 Å². The summed E-state index contributed by atoms with van der Waals surface area (Å²) in [5.41, 5.74) is 6.72. The van der Waals surface area contributed by atoms with Crippen molar-refractivity contribution in [2.24, 2.45) is 0 Å². The molecule has 2 aromatic rings. The Morgan fingerprint density at radius 1 is 1.14 bits per heavy atom. The van der Waals surface area contributed by atoms with E-state index in [9.17, 15) is 14.4 Å². The number of hydrogen-bond acceptors (Lipinski definition) is 9. The molecule has 2 rings (SSSR count). The molecule has 0 bridgehead atoms. The van der Waals surface area contributed by atoms with E-state index < -0.39 is 5.97 Å². The van der Waals surface area contributed by atoms with E-state index in [1.54, 1.807) is 13.8 Å². The van der Waals surface area contributed by atoms with Crippen LogP contribution in [-0.2, 0) is 25.7 Å². The Bertz CT molecular complexity index is 896. The normalized spacial score (nSPS) is 10.7. The first-order valence-corrected chi connectivity index (χ1v) is 10.3. The Hall–Kier alpha value is -2.75. The number of carbonyl (C=O) groups is 3. The number of unbranched alkanes of at least 4 members (excludes halogenated alkanes) is 2. The van der Waals surface area contributed by atoms with Gasteiger partial charge in [0, 0.05) is 19.9 Å². The highest BCUT2D eigenvalue weighted by Crippen LogP contribution is 2.33. The maximum Gasteiger partial charge on any atom is 0.348 e. The predicted molar refractivity (Wildman–Crippen MR) is 109 cm³/mol. The fraction of sp³-hybridized carbons (Fsp3) is 0.526. The van der Waals surface area contributed by atoms with Crippen molar-refractivity contribution in [2.45, 2.75) is 53.1 Å². The zero-order chi connectivity index (χ0) is 21.4. The molecule has 0 aromatic carbocycles. The van der Waals surface area contributed by atoms with Crippen LogP contribution >= 0.6 is 11.3 Å². The smallest absolute Gasteiger partial charge is 0.348 e. The van der Waals surface area contributed by atoms with Crippen LogP contribution in [0, 0.1) is 6.92 Å². The second-order valence-corrected chi connectivity index (χ2v) is 7.44. The lowest BCUT2D eigenvalue weighted by atomic mass is 10.2. The number of ether oxygens (including phenoxy) is 2. The summed E-state index contributed by atoms with van der Waals surface area (Å²) in [4.78, 5) is 44.3. The molecule has 0 saturated carbocycles. The number of nitrogen functional groups attached to an aromatic ring is 1. The number of carbonyl (C=O) groups excluding carboxylic acids is 3. The molecule has 0 saturated heterocycles. The maximum absolute atomic E-state index is 12.1. The molecule has 10 heteroatoms. The van der Waals surface area contributed by atoms with Gasteiger partial charge in [0.15, 0.2) is 12.4 Å². The number of nitrogens with one attached hydrogen (secondary N) is 1. The van der Waals surface area contributed by atoms with Crippen molar-refractivity contribution in [3.8, 4) is 0 Å². The molecule has 0 fully saturated rings. The molecule has 0 aliphatic heterocycles. The molecule has 0 radical (unpaired) electrons. The third-order valence-electron chi connectivity index (χ3n) is 4.12. The molecule has 158 valence electrons. The summed E-state index contributed by atoms with van der Waals surface area (Å²) in [5.74, 6) is -0.301. The molecule has 0 aliphatic carbocycles. The first kappa shape index (κ1) is 22.5. The SMILES string of the molecule is CCOC(=O)c1sc2nc(COC(=O)CCCCCNC(C)=O)nc(N)c2c1C. The van der Waals surface area contributed by atoms with E-state index in [4.69, 9.17) is 15.2 Å². The van der Waals surface area contributed by atoms with Gasteiger partial charge in [0.1, 0.15) is 15.5 Å². The quantitative estimate of drug-likeness (QED) is 0.441. The Balaban J connectivity index is 1.91. The summed E-state index contributed by atoms with van der Waals surface area (Å²) in [7, 11) is 0. The van der Waals surface area contributed by atoms with Gasteiger partial charge in [-0.05, 0) is 32.3 Å². The van der Waals surface area contributed by atoms with Gasteiger partial charge >= 0.3 is 11.9 Å². The van der Waals surface area contributed by atoms with Crippen molar-refractivity contribution < 1.29 is 23.9 Å². The van der Waals surface area contributed by atoms with E-state index >= 15 is 0 Å². The Morgan fingerprint density at radius 2 is 1.90 bits per heavy atom. The first-order chi connectivity index (χ1) is 13.8. The van der Waals surface area contributed by atoms with Crippen molar-refractivity contribution in [2.75, 3.05) is 18.9 Å². The van der Waals surface area contributed by atoms with Crippen LogP contribution in [0.4, 0.5) is 5.82 Å². The fourth-order valence-corrected chi connectivity index (χ4v) is 3.83. The Labute approximate surface area is 173 Å². The number of nitrogens with zero attached hydrogens (tertiary/aromatic N) is 2. The van der Waals surface area contributed by atoms with Crippen LogP contribution in [0.2, 0.25) is 0 Å². The number of rotatable bonds is 10. The van der Waals surface area contributed by atoms with Crippen LogP contribution in [0.1, 0.15) is 60.6 Å². The number of amides is 1. The topological polar surface area (TPSA) is 134 Å². The highest BCUT2D eigenvalue weighted by Gasteiger charge is 2.20. The molecule has 29 heavy (non-hydrogen) atoms. The molecule has 2 aromatic heterocycles. The fourth-order valence-electron chi connectivity index (χ4n) is 2.72. The Morgan fingerprint density at radius 3 is 2.59 bits per heavy atom. The second-order valence-electron chi connectivity index (χ2n) is 6.44. The van der Waals surface area contributed by atoms with Crippen molar-refractivity contribution in [3.05, 3.63) is 16.3 Å². The van der Waals surface area contributed by atoms with Gasteiger partial charge in [-0.2, -0.15) is 0 Å². The van der Waals surface area contributed by atoms with Crippen molar-refractivity contribution >= 4 is 45.2 Å². The number of hydrogen-bond donors (Lipinski definition) is 2. The average Bonchev–Trinajstić information content (AvgIpc) is 3.00. The van der Waals surface area contributed by atoms with Crippen LogP contribution in [-0.4, -0.2) is 41.0 Å². The number of aryl methyl sites for hydroxylation is 1. The van der Waals surface area contributed by atoms with Crippen LogP contribution in [0.3, 0.4) is 0 Å². The molecule has 0 spiro atoms. The highest BCUT2D eigenvalue weighted by molar-refractivity contribution is 7.20. The predicted octanol–water partition coefficient (Wildman–Crippen LogP) is 2.50. The van der Waals surface area contributed by atoms with Crippen LogP contribution in [0.5, 0.6) is 0 Å². The molecule has 1 amide bonds. The average molecular weight is 423 g/mol. The summed E-state index contributed by atoms with van der Waals surface area (Å²) in [5, 5.41) is 3.33. The second kappa shape index (κ2) is 10.7. The summed E-state index contributed by atoms with van der Waals surface area (Å²) in [6.45, 7) is 5.78. The minimum Gasteiger partial charge on any atom is -0.462 e. The molecule has 2 heterocycles. The summed E-state index contributed by atoms with van der Waals surface area (Å²) < 4.78 is 10.3.